The Morgan fingerprint density at radius 3 is 1.51 bits per heavy atom. The Bertz CT molecular complexity index is 2190. The van der Waals surface area contributed by atoms with Crippen molar-refractivity contribution >= 4 is 33.5 Å². The lowest BCUT2D eigenvalue weighted by Gasteiger charge is -2.37. The van der Waals surface area contributed by atoms with E-state index in [9.17, 15) is 9.59 Å². The summed E-state index contributed by atoms with van der Waals surface area (Å²) in [5, 5.41) is 8.79. The lowest BCUT2D eigenvalue weighted by atomic mass is 9.72. The SMILES string of the molecule is C=CC(=O)OC.CC(C)(C)C1CCC(Oc2ccc3cc(CNC4CCCC4)ccc3c2)CC1.COC(=O)CCN(Cc1ccc2cc(OC3CCC(C(C)(C)C)CC3)ccc2c1)C1CCCC1. The number of nitrogens with zero attached hydrogens (tertiary/aromatic N) is 1. The highest BCUT2D eigenvalue weighted by Gasteiger charge is 2.32. The molecule has 8 rings (SSSR count). The molecule has 68 heavy (non-hydrogen) atoms. The fourth-order valence-corrected chi connectivity index (χ4v) is 11.1. The van der Waals surface area contributed by atoms with Crippen LogP contribution in [0.4, 0.5) is 0 Å². The predicted molar refractivity (Wildman–Crippen MR) is 280 cm³/mol. The molecule has 4 aliphatic carbocycles. The van der Waals surface area contributed by atoms with Gasteiger partial charge in [-0.3, -0.25) is 9.69 Å². The van der Waals surface area contributed by atoms with Crippen molar-refractivity contribution in [3.63, 3.8) is 0 Å². The molecule has 4 aromatic rings. The van der Waals surface area contributed by atoms with Gasteiger partial charge in [0.15, 0.2) is 0 Å². The number of rotatable bonds is 14. The van der Waals surface area contributed by atoms with Crippen LogP contribution in [0.15, 0.2) is 85.5 Å². The first-order valence-corrected chi connectivity index (χ1v) is 26.2. The van der Waals surface area contributed by atoms with E-state index in [0.29, 0.717) is 35.5 Å². The molecule has 0 heterocycles. The maximum Gasteiger partial charge on any atom is 0.329 e. The van der Waals surface area contributed by atoms with Crippen molar-refractivity contribution in [2.45, 2.75) is 188 Å². The van der Waals surface area contributed by atoms with E-state index < -0.39 is 5.97 Å². The number of fused-ring (bicyclic) bond motifs is 2. The van der Waals surface area contributed by atoms with Crippen LogP contribution in [0.3, 0.4) is 0 Å². The van der Waals surface area contributed by atoms with E-state index >= 15 is 0 Å². The number of methoxy groups -OCH3 is 2. The summed E-state index contributed by atoms with van der Waals surface area (Å²) >= 11 is 0. The molecule has 0 amide bonds. The molecule has 4 fully saturated rings. The Labute approximate surface area is 410 Å². The van der Waals surface area contributed by atoms with E-state index in [1.807, 2.05) is 0 Å². The molecule has 8 nitrogen and oxygen atoms in total. The van der Waals surface area contributed by atoms with Crippen molar-refractivity contribution in [2.75, 3.05) is 20.8 Å². The molecule has 0 bridgehead atoms. The molecule has 4 saturated carbocycles. The van der Waals surface area contributed by atoms with Crippen LogP contribution in [0.25, 0.3) is 21.5 Å². The monoisotopic (exact) mass is 931 g/mol. The van der Waals surface area contributed by atoms with Gasteiger partial charge >= 0.3 is 11.9 Å². The highest BCUT2D eigenvalue weighted by Crippen LogP contribution is 2.40. The average Bonchev–Trinajstić information content (AvgIpc) is 4.08. The third-order valence-corrected chi connectivity index (χ3v) is 15.5. The van der Waals surface area contributed by atoms with Crippen LogP contribution in [0, 0.1) is 22.7 Å². The summed E-state index contributed by atoms with van der Waals surface area (Å²) in [5.41, 5.74) is 3.52. The molecule has 372 valence electrons. The van der Waals surface area contributed by atoms with Crippen molar-refractivity contribution in [3.05, 3.63) is 96.6 Å². The number of hydrogen-bond donors (Lipinski definition) is 1. The fraction of sp³-hybridized carbons (Fsp3) is 0.600. The minimum atomic E-state index is -0.394. The van der Waals surface area contributed by atoms with Gasteiger partial charge < -0.3 is 24.3 Å². The average molecular weight is 931 g/mol. The molecule has 0 radical (unpaired) electrons. The number of carbonyl (C=O) groups is 2. The molecule has 0 unspecified atom stereocenters. The Morgan fingerprint density at radius 2 is 1.06 bits per heavy atom. The number of ether oxygens (including phenoxy) is 4. The lowest BCUT2D eigenvalue weighted by Crippen LogP contribution is -2.34. The van der Waals surface area contributed by atoms with Gasteiger partial charge in [-0.15, -0.1) is 0 Å². The van der Waals surface area contributed by atoms with E-state index in [0.717, 1.165) is 67.9 Å². The van der Waals surface area contributed by atoms with Crippen LogP contribution in [-0.2, 0) is 32.2 Å². The molecule has 4 aromatic carbocycles. The topological polar surface area (TPSA) is 86.3 Å². The Morgan fingerprint density at radius 1 is 0.603 bits per heavy atom. The highest BCUT2D eigenvalue weighted by atomic mass is 16.5. The summed E-state index contributed by atoms with van der Waals surface area (Å²) in [5.74, 6) is 3.14. The summed E-state index contributed by atoms with van der Waals surface area (Å²) in [4.78, 5) is 24.1. The van der Waals surface area contributed by atoms with E-state index in [1.54, 1.807) is 0 Å². The summed E-state index contributed by atoms with van der Waals surface area (Å²) in [6.07, 6.45) is 22.6. The predicted octanol–water partition coefficient (Wildman–Crippen LogP) is 14.3. The van der Waals surface area contributed by atoms with Crippen molar-refractivity contribution in [2.24, 2.45) is 22.7 Å². The largest absolute Gasteiger partial charge is 0.490 e. The second-order valence-electron chi connectivity index (χ2n) is 22.4. The molecular formula is C60H86N2O6. The van der Waals surface area contributed by atoms with Gasteiger partial charge in [0, 0.05) is 37.8 Å². The molecule has 0 aliphatic heterocycles. The van der Waals surface area contributed by atoms with Gasteiger partial charge in [-0.1, -0.05) is 110 Å². The Balaban J connectivity index is 0.000000203. The molecule has 0 spiro atoms. The van der Waals surface area contributed by atoms with Crippen molar-refractivity contribution < 1.29 is 28.5 Å². The summed E-state index contributed by atoms with van der Waals surface area (Å²) < 4.78 is 21.8. The summed E-state index contributed by atoms with van der Waals surface area (Å²) in [7, 11) is 2.78. The van der Waals surface area contributed by atoms with Crippen LogP contribution >= 0.6 is 0 Å². The van der Waals surface area contributed by atoms with Crippen molar-refractivity contribution in [3.8, 4) is 11.5 Å². The summed E-state index contributed by atoms with van der Waals surface area (Å²) in [6.45, 7) is 20.0. The third-order valence-electron chi connectivity index (χ3n) is 15.5. The van der Waals surface area contributed by atoms with Gasteiger partial charge in [0.1, 0.15) is 11.5 Å². The minimum absolute atomic E-state index is 0.124. The van der Waals surface area contributed by atoms with Gasteiger partial charge in [-0.25, -0.2) is 4.79 Å². The van der Waals surface area contributed by atoms with Gasteiger partial charge in [0.2, 0.25) is 0 Å². The molecule has 0 aromatic heterocycles. The van der Waals surface area contributed by atoms with E-state index in [2.05, 4.69) is 136 Å². The molecular weight excluding hydrogens is 845 g/mol. The van der Waals surface area contributed by atoms with Crippen LogP contribution in [0.2, 0.25) is 0 Å². The normalized spacial score (nSPS) is 21.4. The second-order valence-corrected chi connectivity index (χ2v) is 22.4. The van der Waals surface area contributed by atoms with E-state index in [4.69, 9.17) is 14.2 Å². The quantitative estimate of drug-likeness (QED) is 0.0988. The zero-order valence-corrected chi connectivity index (χ0v) is 43.2. The third kappa shape index (κ3) is 16.4. The number of benzene rings is 4. The van der Waals surface area contributed by atoms with Crippen LogP contribution in [0.1, 0.15) is 162 Å². The summed E-state index contributed by atoms with van der Waals surface area (Å²) in [6, 6.07) is 28.0. The molecule has 0 atom stereocenters. The molecule has 0 saturated heterocycles. The Hall–Kier alpha value is -4.40. The number of carbonyl (C=O) groups excluding carboxylic acids is 2. The van der Waals surface area contributed by atoms with Crippen molar-refractivity contribution in [1.82, 2.24) is 10.2 Å². The zero-order valence-electron chi connectivity index (χ0n) is 43.2. The smallest absolute Gasteiger partial charge is 0.329 e. The van der Waals surface area contributed by atoms with Gasteiger partial charge in [0.25, 0.3) is 0 Å². The number of hydrogen-bond acceptors (Lipinski definition) is 8. The number of esters is 2. The van der Waals surface area contributed by atoms with E-state index in [1.165, 1.54) is 137 Å². The van der Waals surface area contributed by atoms with Crippen LogP contribution in [0.5, 0.6) is 11.5 Å². The van der Waals surface area contributed by atoms with Gasteiger partial charge in [0.05, 0.1) is 32.8 Å². The standard InChI is InChI=1S/C30H43NO3.C26H37NO.C4H6O2/c1-30(2,3)25-12-15-27(16-13-25)34-28-14-11-23-19-22(9-10-24(23)20-28)21-31(18-17-29(32)33-4)26-7-5-6-8-26;1-26(2,3)22-11-14-24(15-12-22)28-25-13-10-20-16-19(8-9-21(20)17-25)18-27-23-6-4-5-7-23;1-3-4(5)6-2/h9-11,14,19-20,25-27H,5-8,12-13,15-18,21H2,1-4H3;8-10,13,16-17,22-24,27H,4-7,11-12,14-15,18H2,1-3H3;3H,1H2,2H3. The number of nitrogens with one attached hydrogen (secondary N) is 1. The first-order chi connectivity index (χ1) is 32.6. The van der Waals surface area contributed by atoms with Crippen LogP contribution < -0.4 is 14.8 Å². The zero-order chi connectivity index (χ0) is 48.7. The second kappa shape index (κ2) is 25.5. The molecule has 1 N–H and O–H groups in total. The Kier molecular flexibility index (Phi) is 19.8. The maximum absolute atomic E-state index is 11.7. The molecule has 8 heteroatoms. The maximum atomic E-state index is 11.7. The van der Waals surface area contributed by atoms with Gasteiger partial charge in [-0.2, -0.15) is 0 Å². The first kappa shape index (κ1) is 53.0. The fourth-order valence-electron chi connectivity index (χ4n) is 11.1. The lowest BCUT2D eigenvalue weighted by molar-refractivity contribution is -0.141. The van der Waals surface area contributed by atoms with Crippen molar-refractivity contribution in [1.29, 1.82) is 0 Å². The van der Waals surface area contributed by atoms with Crippen LogP contribution in [-0.4, -0.2) is 61.9 Å². The minimum Gasteiger partial charge on any atom is -0.490 e. The van der Waals surface area contributed by atoms with Gasteiger partial charge in [-0.05, 0) is 169 Å². The van der Waals surface area contributed by atoms with E-state index in [-0.39, 0.29) is 5.97 Å². The molecule has 4 aliphatic rings. The highest BCUT2D eigenvalue weighted by molar-refractivity contribution is 5.85. The first-order valence-electron chi connectivity index (χ1n) is 26.2.